The van der Waals surface area contributed by atoms with Crippen LogP contribution in [0, 0.1) is 0 Å². The lowest BCUT2D eigenvalue weighted by Crippen LogP contribution is -2.05. The molecule has 168 valence electrons. The fourth-order valence-electron chi connectivity index (χ4n) is 2.82. The van der Waals surface area contributed by atoms with E-state index in [4.69, 9.17) is 20.3 Å². The molecule has 0 amide bonds. The molecule has 0 saturated heterocycles. The first-order chi connectivity index (χ1) is 16.7. The van der Waals surface area contributed by atoms with Gasteiger partial charge in [-0.25, -0.2) is 24.6 Å². The molecule has 0 saturated carbocycles. The van der Waals surface area contributed by atoms with E-state index < -0.39 is 0 Å². The maximum Gasteiger partial charge on any atom is 0.199 e. The van der Waals surface area contributed by atoms with Crippen molar-refractivity contribution in [2.24, 2.45) is 0 Å². The number of aromatic nitrogens is 10. The molecule has 0 bridgehead atoms. The first-order valence-corrected chi connectivity index (χ1v) is 9.76. The SMILES string of the molecule is Nc1cc(-n2ccnn2)nc(-c2ccco2)n1.Nc1cc(-n2nccn2)nc(-c2ccco2)n1. The zero-order valence-electron chi connectivity index (χ0n) is 17.4. The summed E-state index contributed by atoms with van der Waals surface area (Å²) in [5, 5.41) is 15.5. The lowest BCUT2D eigenvalue weighted by atomic mass is 10.4. The molecule has 6 aromatic rings. The van der Waals surface area contributed by atoms with Crippen molar-refractivity contribution < 1.29 is 8.83 Å². The topological polar surface area (TPSA) is 191 Å². The van der Waals surface area contributed by atoms with Gasteiger partial charge in [-0.2, -0.15) is 10.2 Å². The van der Waals surface area contributed by atoms with Gasteiger partial charge in [0.05, 0.1) is 37.3 Å². The number of nitrogen functional groups attached to an aromatic ring is 2. The quantitative estimate of drug-likeness (QED) is 0.391. The molecule has 34 heavy (non-hydrogen) atoms. The summed E-state index contributed by atoms with van der Waals surface area (Å²) in [6.45, 7) is 0. The minimum Gasteiger partial charge on any atom is -0.461 e. The van der Waals surface area contributed by atoms with E-state index in [1.807, 2.05) is 0 Å². The molecule has 0 radical (unpaired) electrons. The van der Waals surface area contributed by atoms with E-state index >= 15 is 0 Å². The Kier molecular flexibility index (Phi) is 5.42. The Morgan fingerprint density at radius 3 is 1.82 bits per heavy atom. The van der Waals surface area contributed by atoms with Crippen molar-refractivity contribution in [3.63, 3.8) is 0 Å². The van der Waals surface area contributed by atoms with Gasteiger partial charge in [-0.15, -0.1) is 9.90 Å². The highest BCUT2D eigenvalue weighted by Crippen LogP contribution is 2.19. The summed E-state index contributed by atoms with van der Waals surface area (Å²) in [6.07, 6.45) is 9.46. The van der Waals surface area contributed by atoms with E-state index in [1.165, 1.54) is 9.48 Å². The van der Waals surface area contributed by atoms with Crippen LogP contribution in [0.25, 0.3) is 34.8 Å². The molecule has 0 aromatic carbocycles. The summed E-state index contributed by atoms with van der Waals surface area (Å²) in [7, 11) is 0. The molecule has 0 unspecified atom stereocenters. The maximum atomic E-state index is 5.72. The molecule has 0 spiro atoms. The highest BCUT2D eigenvalue weighted by molar-refractivity contribution is 5.53. The summed E-state index contributed by atoms with van der Waals surface area (Å²) in [4.78, 5) is 18.1. The van der Waals surface area contributed by atoms with Crippen LogP contribution in [0.1, 0.15) is 0 Å². The van der Waals surface area contributed by atoms with Crippen LogP contribution in [0.4, 0.5) is 11.6 Å². The fraction of sp³-hybridized carbons (Fsp3) is 0. The van der Waals surface area contributed by atoms with Crippen LogP contribution < -0.4 is 11.5 Å². The summed E-state index contributed by atoms with van der Waals surface area (Å²) < 4.78 is 11.9. The molecule has 0 aliphatic carbocycles. The van der Waals surface area contributed by atoms with Gasteiger partial charge in [-0.05, 0) is 24.3 Å². The smallest absolute Gasteiger partial charge is 0.199 e. The zero-order valence-corrected chi connectivity index (χ0v) is 17.4. The monoisotopic (exact) mass is 456 g/mol. The third-order valence-corrected chi connectivity index (χ3v) is 4.23. The number of hydrogen-bond donors (Lipinski definition) is 2. The zero-order chi connectivity index (χ0) is 23.3. The van der Waals surface area contributed by atoms with Crippen LogP contribution in [0.15, 0.2) is 82.5 Å². The molecule has 14 heteroatoms. The second-order valence-corrected chi connectivity index (χ2v) is 6.57. The lowest BCUT2D eigenvalue weighted by Gasteiger charge is -2.02. The predicted octanol–water partition coefficient (Wildman–Crippen LogP) is 1.80. The lowest BCUT2D eigenvalue weighted by molar-refractivity contribution is 0.576. The molecule has 0 fully saturated rings. The summed E-state index contributed by atoms with van der Waals surface area (Å²) in [6, 6.07) is 10.2. The van der Waals surface area contributed by atoms with Crippen molar-refractivity contribution in [3.05, 3.63) is 73.7 Å². The molecule has 4 N–H and O–H groups in total. The van der Waals surface area contributed by atoms with Crippen LogP contribution >= 0.6 is 0 Å². The Labute approximate surface area is 190 Å². The Bertz CT molecular complexity index is 1240. The predicted molar refractivity (Wildman–Crippen MR) is 118 cm³/mol. The van der Waals surface area contributed by atoms with Gasteiger partial charge >= 0.3 is 0 Å². The largest absolute Gasteiger partial charge is 0.461 e. The van der Waals surface area contributed by atoms with Crippen molar-refractivity contribution in [2.75, 3.05) is 11.5 Å². The minimum atomic E-state index is 0.332. The van der Waals surface area contributed by atoms with Crippen LogP contribution in [-0.2, 0) is 0 Å². The van der Waals surface area contributed by atoms with Crippen LogP contribution in [-0.4, -0.2) is 49.9 Å². The number of furan rings is 2. The maximum absolute atomic E-state index is 5.72. The highest BCUT2D eigenvalue weighted by atomic mass is 16.3. The van der Waals surface area contributed by atoms with Gasteiger partial charge in [0.25, 0.3) is 0 Å². The van der Waals surface area contributed by atoms with E-state index in [2.05, 4.69) is 40.4 Å². The van der Waals surface area contributed by atoms with Gasteiger partial charge in [-0.1, -0.05) is 5.21 Å². The second kappa shape index (κ2) is 8.99. The van der Waals surface area contributed by atoms with E-state index in [-0.39, 0.29) is 0 Å². The van der Waals surface area contributed by atoms with Crippen LogP contribution in [0.3, 0.4) is 0 Å². The number of nitrogens with zero attached hydrogens (tertiary/aromatic N) is 10. The molecule has 0 atom stereocenters. The first kappa shape index (κ1) is 20.5. The number of nitrogens with two attached hydrogens (primary N) is 2. The van der Waals surface area contributed by atoms with Gasteiger partial charge in [0.1, 0.15) is 11.6 Å². The van der Waals surface area contributed by atoms with E-state index in [0.717, 1.165) is 0 Å². The van der Waals surface area contributed by atoms with E-state index in [0.29, 0.717) is 46.4 Å². The van der Waals surface area contributed by atoms with Gasteiger partial charge in [0.15, 0.2) is 34.8 Å². The van der Waals surface area contributed by atoms with Crippen molar-refractivity contribution >= 4 is 11.6 Å². The molecule has 6 rings (SSSR count). The Morgan fingerprint density at radius 2 is 1.29 bits per heavy atom. The van der Waals surface area contributed by atoms with Gasteiger partial charge in [-0.3, -0.25) is 0 Å². The Morgan fingerprint density at radius 1 is 0.706 bits per heavy atom. The third-order valence-electron chi connectivity index (χ3n) is 4.23. The Hall–Kier alpha value is -5.40. The first-order valence-electron chi connectivity index (χ1n) is 9.76. The second-order valence-electron chi connectivity index (χ2n) is 6.57. The fourth-order valence-corrected chi connectivity index (χ4v) is 2.82. The number of anilines is 2. The highest BCUT2D eigenvalue weighted by Gasteiger charge is 2.10. The van der Waals surface area contributed by atoms with Crippen molar-refractivity contribution in [1.82, 2.24) is 49.9 Å². The van der Waals surface area contributed by atoms with Crippen molar-refractivity contribution in [3.8, 4) is 34.8 Å². The average molecular weight is 456 g/mol. The molecule has 6 heterocycles. The van der Waals surface area contributed by atoms with Crippen LogP contribution in [0.2, 0.25) is 0 Å². The van der Waals surface area contributed by atoms with Crippen molar-refractivity contribution in [1.29, 1.82) is 0 Å². The van der Waals surface area contributed by atoms with Gasteiger partial charge < -0.3 is 20.3 Å². The molecular weight excluding hydrogens is 440 g/mol. The van der Waals surface area contributed by atoms with Gasteiger partial charge in [0.2, 0.25) is 0 Å². The normalized spacial score (nSPS) is 10.6. The van der Waals surface area contributed by atoms with Crippen LogP contribution in [0.5, 0.6) is 0 Å². The summed E-state index contributed by atoms with van der Waals surface area (Å²) >= 11 is 0. The summed E-state index contributed by atoms with van der Waals surface area (Å²) in [5.74, 6) is 3.64. The minimum absolute atomic E-state index is 0.332. The standard InChI is InChI=1S/2C10H8N6O/c11-8-6-9(16-4-3-12-15-16)14-10(13-8)7-2-1-5-17-7;11-8-6-9(16-12-3-4-13-16)15-10(14-8)7-2-1-5-17-7/h1-6H,(H2,11,13,14);1-6H,(H2,11,14,15). The number of rotatable bonds is 4. The third kappa shape index (κ3) is 4.45. The Balaban J connectivity index is 0.000000142. The molecule has 6 aromatic heterocycles. The number of hydrogen-bond acceptors (Lipinski definition) is 12. The molecule has 0 aliphatic rings. The van der Waals surface area contributed by atoms with Gasteiger partial charge in [0, 0.05) is 12.1 Å². The molecule has 14 nitrogen and oxygen atoms in total. The van der Waals surface area contributed by atoms with E-state index in [9.17, 15) is 0 Å². The van der Waals surface area contributed by atoms with Crippen molar-refractivity contribution in [2.45, 2.75) is 0 Å². The average Bonchev–Trinajstić information content (AvgIpc) is 3.68. The summed E-state index contributed by atoms with van der Waals surface area (Å²) in [5.41, 5.74) is 11.4. The molecule has 0 aliphatic heterocycles. The molecular formula is C20H16N12O2. The van der Waals surface area contributed by atoms with E-state index in [1.54, 1.807) is 73.7 Å².